The van der Waals surface area contributed by atoms with Gasteiger partial charge in [-0.05, 0) is 65.4 Å². The third kappa shape index (κ3) is 12.0. The number of ether oxygens (including phenoxy) is 4. The van der Waals surface area contributed by atoms with Gasteiger partial charge in [-0.2, -0.15) is 0 Å². The van der Waals surface area contributed by atoms with E-state index < -0.39 is 18.2 Å². The molecule has 0 radical (unpaired) electrons. The fourth-order valence-corrected chi connectivity index (χ4v) is 5.56. The van der Waals surface area contributed by atoms with Gasteiger partial charge >= 0.3 is 12.1 Å². The Labute approximate surface area is 237 Å². The van der Waals surface area contributed by atoms with Gasteiger partial charge in [0.25, 0.3) is 0 Å². The average Bonchev–Trinajstić information content (AvgIpc) is 2.83. The molecule has 0 aromatic heterocycles. The number of allylic oxidation sites excluding steroid dienone is 3. The van der Waals surface area contributed by atoms with Crippen LogP contribution in [0.2, 0.25) is 0 Å². The Kier molecular flexibility index (Phi) is 15.3. The number of methoxy groups -OCH3 is 1. The van der Waals surface area contributed by atoms with E-state index in [0.717, 1.165) is 24.8 Å². The van der Waals surface area contributed by atoms with E-state index in [1.54, 1.807) is 12.0 Å². The van der Waals surface area contributed by atoms with Gasteiger partial charge in [-0.1, -0.05) is 45.9 Å². The molecule has 0 bridgehead atoms. The number of aliphatic carboxylic acids is 1. The molecule has 0 aromatic rings. The van der Waals surface area contributed by atoms with Gasteiger partial charge in [0.1, 0.15) is 6.10 Å². The van der Waals surface area contributed by atoms with E-state index in [1.165, 1.54) is 0 Å². The van der Waals surface area contributed by atoms with Crippen LogP contribution in [0.1, 0.15) is 94.4 Å². The van der Waals surface area contributed by atoms with Gasteiger partial charge in [-0.3, -0.25) is 4.79 Å². The van der Waals surface area contributed by atoms with Crippen LogP contribution < -0.4 is 0 Å². The van der Waals surface area contributed by atoms with Crippen molar-refractivity contribution < 1.29 is 33.6 Å². The molecular weight excluding hydrogens is 498 g/mol. The van der Waals surface area contributed by atoms with Gasteiger partial charge in [0, 0.05) is 32.5 Å². The minimum atomic E-state index is -0.926. The highest BCUT2D eigenvalue weighted by Gasteiger charge is 2.40. The van der Waals surface area contributed by atoms with Crippen molar-refractivity contribution in [1.29, 1.82) is 0 Å². The van der Waals surface area contributed by atoms with Gasteiger partial charge in [0.05, 0.1) is 36.4 Å². The van der Waals surface area contributed by atoms with Crippen molar-refractivity contribution >= 4 is 12.1 Å². The third-order valence-corrected chi connectivity index (χ3v) is 7.48. The molecule has 1 rings (SSSR count). The van der Waals surface area contributed by atoms with Crippen molar-refractivity contribution in [3.63, 3.8) is 0 Å². The summed E-state index contributed by atoms with van der Waals surface area (Å²) in [5, 5.41) is 9.39. The number of carboxylic acids is 1. The fraction of sp³-hybridized carbons (Fsp3) is 0.806. The number of nitrogens with zero attached hydrogens (tertiary/aromatic N) is 1. The van der Waals surface area contributed by atoms with Crippen LogP contribution in [0.25, 0.3) is 0 Å². The molecule has 1 fully saturated rings. The lowest BCUT2D eigenvalue weighted by atomic mass is 9.85. The lowest BCUT2D eigenvalue weighted by Gasteiger charge is -2.40. The number of carbonyl (C=O) groups excluding carboxylic acids is 1. The summed E-state index contributed by atoms with van der Waals surface area (Å²) in [4.78, 5) is 25.9. The van der Waals surface area contributed by atoms with E-state index in [9.17, 15) is 14.7 Å². The van der Waals surface area contributed by atoms with E-state index in [1.807, 2.05) is 39.8 Å². The van der Waals surface area contributed by atoms with Crippen LogP contribution in [0, 0.1) is 11.8 Å². The first-order valence-electron chi connectivity index (χ1n) is 14.7. The van der Waals surface area contributed by atoms with Gasteiger partial charge in [-0.15, -0.1) is 0 Å². The Balaban J connectivity index is 2.93. The molecule has 7 atom stereocenters. The quantitative estimate of drug-likeness (QED) is 0.214. The number of hydrogen-bond acceptors (Lipinski definition) is 6. The molecule has 0 aromatic carbocycles. The van der Waals surface area contributed by atoms with Gasteiger partial charge in [-0.25, -0.2) is 4.79 Å². The Morgan fingerprint density at radius 1 is 1.21 bits per heavy atom. The summed E-state index contributed by atoms with van der Waals surface area (Å²) in [6.07, 6.45) is 7.48. The fourth-order valence-electron chi connectivity index (χ4n) is 5.56. The second-order valence-electron chi connectivity index (χ2n) is 11.6. The zero-order valence-electron chi connectivity index (χ0n) is 26.1. The van der Waals surface area contributed by atoms with Crippen molar-refractivity contribution in [2.24, 2.45) is 11.8 Å². The van der Waals surface area contributed by atoms with Crippen LogP contribution in [0.3, 0.4) is 0 Å². The number of rotatable bonds is 16. The van der Waals surface area contributed by atoms with Crippen molar-refractivity contribution in [2.45, 2.75) is 131 Å². The van der Waals surface area contributed by atoms with Crippen LogP contribution in [-0.2, 0) is 23.7 Å². The molecule has 0 unspecified atom stereocenters. The number of amides is 1. The largest absolute Gasteiger partial charge is 0.481 e. The van der Waals surface area contributed by atoms with Crippen LogP contribution in [-0.4, -0.2) is 78.4 Å². The Morgan fingerprint density at radius 3 is 2.41 bits per heavy atom. The molecule has 1 heterocycles. The maximum atomic E-state index is 12.8. The second-order valence-corrected chi connectivity index (χ2v) is 11.6. The Morgan fingerprint density at radius 2 is 1.87 bits per heavy atom. The minimum Gasteiger partial charge on any atom is -0.481 e. The van der Waals surface area contributed by atoms with E-state index >= 15 is 0 Å². The maximum Gasteiger partial charge on any atom is 0.410 e. The van der Waals surface area contributed by atoms with Gasteiger partial charge in [0.2, 0.25) is 0 Å². The highest BCUT2D eigenvalue weighted by Crippen LogP contribution is 2.33. The van der Waals surface area contributed by atoms with E-state index in [4.69, 9.17) is 18.9 Å². The summed E-state index contributed by atoms with van der Waals surface area (Å²) < 4.78 is 24.0. The molecule has 8 heteroatoms. The molecule has 0 spiro atoms. The first-order chi connectivity index (χ1) is 18.3. The summed E-state index contributed by atoms with van der Waals surface area (Å²) in [6, 6.07) is 0. The molecule has 226 valence electrons. The molecule has 39 heavy (non-hydrogen) atoms. The summed E-state index contributed by atoms with van der Waals surface area (Å²) in [5.74, 6) is -0.761. The molecule has 1 saturated heterocycles. The predicted octanol–water partition coefficient (Wildman–Crippen LogP) is 6.63. The first-order valence-corrected chi connectivity index (χ1v) is 14.7. The molecular formula is C31H55NO7. The summed E-state index contributed by atoms with van der Waals surface area (Å²) in [7, 11) is 1.72. The minimum absolute atomic E-state index is 0.00503. The van der Waals surface area contributed by atoms with Crippen LogP contribution in [0.4, 0.5) is 4.79 Å². The number of carbonyl (C=O) groups is 2. The third-order valence-electron chi connectivity index (χ3n) is 7.48. The normalized spacial score (nSPS) is 24.8. The van der Waals surface area contributed by atoms with Crippen molar-refractivity contribution in [1.82, 2.24) is 4.90 Å². The number of carboxylic acid groups (broad SMARTS) is 1. The lowest BCUT2D eigenvalue weighted by Crippen LogP contribution is -2.47. The first kappa shape index (κ1) is 35.1. The lowest BCUT2D eigenvalue weighted by molar-refractivity contribution is -0.151. The highest BCUT2D eigenvalue weighted by molar-refractivity contribution is 5.68. The topological polar surface area (TPSA) is 94.5 Å². The van der Waals surface area contributed by atoms with Gasteiger partial charge in [0.15, 0.2) is 0 Å². The zero-order chi connectivity index (χ0) is 29.8. The van der Waals surface area contributed by atoms with Crippen molar-refractivity contribution in [3.8, 4) is 0 Å². The van der Waals surface area contributed by atoms with Crippen molar-refractivity contribution in [3.05, 3.63) is 23.8 Å². The molecule has 1 aliphatic heterocycles. The standard InChI is InChI=1S/C31H55NO7/c1-11-17-32(13-3)30(35)38-27-18-25(19-28(33)34)37-29(23(27)6)22(5)16-14-15-21(4)20-31(8,9)39-24(7)26(12-2)36-10/h14-16,21,23-27,29H,11-13,17-20H2,1-10H3,(H,33,34)/b15-14+,22-16+/t21-,23+,24-,25-,26+,27-,29-/m1/s1. The monoisotopic (exact) mass is 553 g/mol. The smallest absolute Gasteiger partial charge is 0.410 e. The molecule has 0 saturated carbocycles. The summed E-state index contributed by atoms with van der Waals surface area (Å²) >= 11 is 0. The van der Waals surface area contributed by atoms with E-state index in [0.29, 0.717) is 19.5 Å². The zero-order valence-corrected chi connectivity index (χ0v) is 26.1. The van der Waals surface area contributed by atoms with Crippen molar-refractivity contribution in [2.75, 3.05) is 20.2 Å². The number of hydrogen-bond donors (Lipinski definition) is 1. The molecule has 1 aliphatic rings. The second kappa shape index (κ2) is 17.0. The van der Waals surface area contributed by atoms with Crippen LogP contribution in [0.5, 0.6) is 0 Å². The van der Waals surface area contributed by atoms with Gasteiger partial charge < -0.3 is 29.0 Å². The van der Waals surface area contributed by atoms with Crippen LogP contribution in [0.15, 0.2) is 23.8 Å². The predicted molar refractivity (Wildman–Crippen MR) is 155 cm³/mol. The van der Waals surface area contributed by atoms with E-state index in [2.05, 4.69) is 40.7 Å². The van der Waals surface area contributed by atoms with E-state index in [-0.39, 0.29) is 48.3 Å². The molecule has 1 amide bonds. The maximum absolute atomic E-state index is 12.8. The summed E-state index contributed by atoms with van der Waals surface area (Å²) in [6.45, 7) is 19.7. The molecule has 1 N–H and O–H groups in total. The highest BCUT2D eigenvalue weighted by atomic mass is 16.6. The Hall–Kier alpha value is -1.90. The molecule has 8 nitrogen and oxygen atoms in total. The molecule has 0 aliphatic carbocycles. The summed E-state index contributed by atoms with van der Waals surface area (Å²) in [5.41, 5.74) is 0.665. The average molecular weight is 554 g/mol. The SMILES string of the molecule is CCCN(CC)C(=O)O[C@@H]1C[C@H](CC(=O)O)O[C@H](/C(C)=C/C=C/[C@@H](C)CC(C)(C)O[C@H](C)[C@H](CC)OC)[C@H]1C. The van der Waals surface area contributed by atoms with Crippen LogP contribution >= 0.6 is 0 Å². The Bertz CT molecular complexity index is 805.